The van der Waals surface area contributed by atoms with Gasteiger partial charge in [0.15, 0.2) is 0 Å². The summed E-state index contributed by atoms with van der Waals surface area (Å²) >= 11 is 0. The lowest BCUT2D eigenvalue weighted by Crippen LogP contribution is -2.45. The minimum absolute atomic E-state index is 0.248. The topological polar surface area (TPSA) is 26.0 Å². The molecule has 0 spiro atoms. The Morgan fingerprint density at radius 2 is 1.50 bits per heavy atom. The minimum atomic E-state index is 0.248. The highest BCUT2D eigenvalue weighted by atomic mass is 14.6. The first-order chi connectivity index (χ1) is 9.69. The maximum atomic E-state index is 6.53. The number of hydrogen-bond donors (Lipinski definition) is 1. The molecular formula is C19H27N. The molecule has 0 radical (unpaired) electrons. The van der Waals surface area contributed by atoms with E-state index < -0.39 is 0 Å². The zero-order valence-corrected chi connectivity index (χ0v) is 12.6. The molecule has 4 aliphatic rings. The molecule has 0 aliphatic heterocycles. The normalized spacial score (nSPS) is 40.0. The minimum Gasteiger partial charge on any atom is -0.324 e. The van der Waals surface area contributed by atoms with Crippen LogP contribution in [0.15, 0.2) is 24.3 Å². The molecule has 2 N–H and O–H groups in total. The SMILES string of the molecule is Cc1ccc(C(N)CC2C3CC4CC(C3)CC2C4)cc1. The zero-order valence-electron chi connectivity index (χ0n) is 12.6. The van der Waals surface area contributed by atoms with Crippen molar-refractivity contribution in [1.82, 2.24) is 0 Å². The van der Waals surface area contributed by atoms with Crippen molar-refractivity contribution in [3.63, 3.8) is 0 Å². The first-order valence-electron chi connectivity index (χ1n) is 8.51. The monoisotopic (exact) mass is 269 g/mol. The summed E-state index contributed by atoms with van der Waals surface area (Å²) in [6.45, 7) is 2.15. The van der Waals surface area contributed by atoms with Crippen molar-refractivity contribution >= 4 is 0 Å². The average Bonchev–Trinajstić information content (AvgIpc) is 2.42. The first-order valence-corrected chi connectivity index (χ1v) is 8.51. The summed E-state index contributed by atoms with van der Waals surface area (Å²) in [6, 6.07) is 9.11. The Kier molecular flexibility index (Phi) is 3.14. The summed E-state index contributed by atoms with van der Waals surface area (Å²) in [5.74, 6) is 5.07. The summed E-state index contributed by atoms with van der Waals surface area (Å²) in [5.41, 5.74) is 9.19. The predicted molar refractivity (Wildman–Crippen MR) is 83.3 cm³/mol. The van der Waals surface area contributed by atoms with Crippen molar-refractivity contribution in [2.75, 3.05) is 0 Å². The van der Waals surface area contributed by atoms with Gasteiger partial charge in [-0.1, -0.05) is 29.8 Å². The number of rotatable bonds is 3. The second-order valence-electron chi connectivity index (χ2n) is 7.85. The molecule has 1 heteroatoms. The van der Waals surface area contributed by atoms with Crippen LogP contribution in [0.5, 0.6) is 0 Å². The Bertz CT molecular complexity index is 447. The van der Waals surface area contributed by atoms with Gasteiger partial charge in [-0.25, -0.2) is 0 Å². The molecule has 1 aromatic carbocycles. The van der Waals surface area contributed by atoms with E-state index in [2.05, 4.69) is 31.2 Å². The van der Waals surface area contributed by atoms with Gasteiger partial charge in [0.2, 0.25) is 0 Å². The molecule has 0 heterocycles. The molecule has 4 fully saturated rings. The van der Waals surface area contributed by atoms with E-state index >= 15 is 0 Å². The molecule has 1 atom stereocenters. The maximum Gasteiger partial charge on any atom is 0.0297 e. The van der Waals surface area contributed by atoms with Crippen molar-refractivity contribution in [2.24, 2.45) is 35.3 Å². The molecule has 108 valence electrons. The molecule has 20 heavy (non-hydrogen) atoms. The molecule has 4 aliphatic carbocycles. The first kappa shape index (κ1) is 12.9. The van der Waals surface area contributed by atoms with Crippen LogP contribution in [0.25, 0.3) is 0 Å². The van der Waals surface area contributed by atoms with Gasteiger partial charge in [0.05, 0.1) is 0 Å². The van der Waals surface area contributed by atoms with E-state index in [1.54, 1.807) is 6.42 Å². The smallest absolute Gasteiger partial charge is 0.0297 e. The standard InChI is InChI=1S/C19H27N/c1-12-2-4-15(5-3-12)19(20)11-18-16-7-13-6-14(9-16)10-17(18)8-13/h2-5,13-14,16-19H,6-11,20H2,1H3. The Hall–Kier alpha value is -0.820. The summed E-state index contributed by atoms with van der Waals surface area (Å²) in [6.07, 6.45) is 8.81. The van der Waals surface area contributed by atoms with Crippen LogP contribution in [0, 0.1) is 36.5 Å². The average molecular weight is 269 g/mol. The highest BCUT2D eigenvalue weighted by Gasteiger charge is 2.48. The summed E-state index contributed by atoms with van der Waals surface area (Å²) in [4.78, 5) is 0. The van der Waals surface area contributed by atoms with Crippen LogP contribution in [-0.4, -0.2) is 0 Å². The van der Waals surface area contributed by atoms with Gasteiger partial charge in [-0.2, -0.15) is 0 Å². The highest BCUT2D eigenvalue weighted by Crippen LogP contribution is 2.58. The molecule has 5 rings (SSSR count). The van der Waals surface area contributed by atoms with Gasteiger partial charge in [0.1, 0.15) is 0 Å². The van der Waals surface area contributed by atoms with Crippen LogP contribution in [0.2, 0.25) is 0 Å². The van der Waals surface area contributed by atoms with Crippen LogP contribution >= 0.6 is 0 Å². The zero-order chi connectivity index (χ0) is 13.7. The van der Waals surface area contributed by atoms with E-state index in [1.807, 2.05) is 0 Å². The predicted octanol–water partition coefficient (Wildman–Crippen LogP) is 4.46. The van der Waals surface area contributed by atoms with Gasteiger partial charge in [0.25, 0.3) is 0 Å². The number of aryl methyl sites for hydroxylation is 1. The lowest BCUT2D eigenvalue weighted by Gasteiger charge is -2.55. The third kappa shape index (κ3) is 2.20. The van der Waals surface area contributed by atoms with Crippen LogP contribution in [0.1, 0.15) is 55.7 Å². The third-order valence-electron chi connectivity index (χ3n) is 6.45. The molecular weight excluding hydrogens is 242 g/mol. The van der Waals surface area contributed by atoms with Crippen molar-refractivity contribution < 1.29 is 0 Å². The van der Waals surface area contributed by atoms with Gasteiger partial charge in [-0.3, -0.25) is 0 Å². The summed E-state index contributed by atoms with van der Waals surface area (Å²) < 4.78 is 0. The summed E-state index contributed by atoms with van der Waals surface area (Å²) in [7, 11) is 0. The van der Waals surface area contributed by atoms with Crippen LogP contribution < -0.4 is 5.73 Å². The Balaban J connectivity index is 1.47. The molecule has 0 aromatic heterocycles. The highest BCUT2D eigenvalue weighted by molar-refractivity contribution is 5.24. The Labute approximate surface area is 122 Å². The van der Waals surface area contributed by atoms with Gasteiger partial charge in [-0.05, 0) is 80.6 Å². The second kappa shape index (κ2) is 4.87. The van der Waals surface area contributed by atoms with Crippen LogP contribution in [0.3, 0.4) is 0 Å². The largest absolute Gasteiger partial charge is 0.324 e. The fraction of sp³-hybridized carbons (Fsp3) is 0.684. The van der Waals surface area contributed by atoms with E-state index in [1.165, 1.54) is 43.2 Å². The lowest BCUT2D eigenvalue weighted by molar-refractivity contribution is -0.0420. The van der Waals surface area contributed by atoms with E-state index in [9.17, 15) is 0 Å². The van der Waals surface area contributed by atoms with Crippen molar-refractivity contribution in [2.45, 2.75) is 51.5 Å². The van der Waals surface area contributed by atoms with Crippen molar-refractivity contribution in [3.8, 4) is 0 Å². The van der Waals surface area contributed by atoms with Crippen LogP contribution in [-0.2, 0) is 0 Å². The van der Waals surface area contributed by atoms with Crippen molar-refractivity contribution in [1.29, 1.82) is 0 Å². The molecule has 0 amide bonds. The lowest BCUT2D eigenvalue weighted by atomic mass is 9.51. The summed E-state index contributed by atoms with van der Waals surface area (Å²) in [5, 5.41) is 0. The molecule has 0 saturated heterocycles. The van der Waals surface area contributed by atoms with E-state index in [-0.39, 0.29) is 6.04 Å². The number of hydrogen-bond acceptors (Lipinski definition) is 1. The number of benzene rings is 1. The van der Waals surface area contributed by atoms with E-state index in [4.69, 9.17) is 5.73 Å². The quantitative estimate of drug-likeness (QED) is 0.861. The second-order valence-corrected chi connectivity index (χ2v) is 7.85. The van der Waals surface area contributed by atoms with Gasteiger partial charge < -0.3 is 5.73 Å². The fourth-order valence-electron chi connectivity index (χ4n) is 5.67. The molecule has 1 unspecified atom stereocenters. The molecule has 1 nitrogen and oxygen atoms in total. The molecule has 4 bridgehead atoms. The van der Waals surface area contributed by atoms with Gasteiger partial charge in [0, 0.05) is 6.04 Å². The van der Waals surface area contributed by atoms with E-state index in [0.717, 1.165) is 29.6 Å². The third-order valence-corrected chi connectivity index (χ3v) is 6.45. The number of nitrogens with two attached hydrogens (primary N) is 1. The maximum absolute atomic E-state index is 6.53. The Morgan fingerprint density at radius 1 is 0.950 bits per heavy atom. The fourth-order valence-corrected chi connectivity index (χ4v) is 5.67. The van der Waals surface area contributed by atoms with Gasteiger partial charge >= 0.3 is 0 Å². The van der Waals surface area contributed by atoms with Crippen LogP contribution in [0.4, 0.5) is 0 Å². The van der Waals surface area contributed by atoms with E-state index in [0.29, 0.717) is 0 Å². The molecule has 1 aromatic rings. The molecule has 4 saturated carbocycles. The Morgan fingerprint density at radius 3 is 2.05 bits per heavy atom. The van der Waals surface area contributed by atoms with Crippen molar-refractivity contribution in [3.05, 3.63) is 35.4 Å². The van der Waals surface area contributed by atoms with Gasteiger partial charge in [-0.15, -0.1) is 0 Å².